The van der Waals surface area contributed by atoms with E-state index in [1.54, 1.807) is 6.92 Å². The maximum absolute atomic E-state index is 11.2. The summed E-state index contributed by atoms with van der Waals surface area (Å²) in [4.78, 5) is 11.2. The van der Waals surface area contributed by atoms with Crippen LogP contribution in [0, 0.1) is 0 Å². The summed E-state index contributed by atoms with van der Waals surface area (Å²) in [6.45, 7) is 1.59. The van der Waals surface area contributed by atoms with Crippen LogP contribution in [0.5, 0.6) is 11.5 Å². The van der Waals surface area contributed by atoms with Gasteiger partial charge in [0.25, 0.3) is 5.79 Å². The number of benzene rings is 1. The van der Waals surface area contributed by atoms with Crippen LogP contribution < -0.4 is 9.47 Å². The maximum Gasteiger partial charge on any atom is 0.251 e. The molecular formula is C14H15BrO3. The third-order valence-corrected chi connectivity index (χ3v) is 4.25. The van der Waals surface area contributed by atoms with Gasteiger partial charge < -0.3 is 9.47 Å². The van der Waals surface area contributed by atoms with Crippen LogP contribution in [0.4, 0.5) is 0 Å². The molecule has 1 fully saturated rings. The highest BCUT2D eigenvalue weighted by molar-refractivity contribution is 9.10. The van der Waals surface area contributed by atoms with Crippen LogP contribution in [0.15, 0.2) is 16.6 Å². The zero-order valence-corrected chi connectivity index (χ0v) is 11.9. The first-order valence-corrected chi connectivity index (χ1v) is 7.07. The van der Waals surface area contributed by atoms with Gasteiger partial charge in [0.2, 0.25) is 0 Å². The van der Waals surface area contributed by atoms with E-state index in [0.29, 0.717) is 6.42 Å². The van der Waals surface area contributed by atoms with Gasteiger partial charge in [-0.15, -0.1) is 0 Å². The van der Waals surface area contributed by atoms with E-state index in [4.69, 9.17) is 9.47 Å². The number of hydrogen-bond donors (Lipinski definition) is 0. The summed E-state index contributed by atoms with van der Waals surface area (Å²) in [6, 6.07) is 3.84. The maximum atomic E-state index is 11.2. The van der Waals surface area contributed by atoms with E-state index >= 15 is 0 Å². The highest BCUT2D eigenvalue weighted by atomic mass is 79.9. The second-order valence-electron chi connectivity index (χ2n) is 5.09. The fourth-order valence-electron chi connectivity index (χ4n) is 2.68. The summed E-state index contributed by atoms with van der Waals surface area (Å²) < 4.78 is 12.8. The minimum Gasteiger partial charge on any atom is -0.448 e. The van der Waals surface area contributed by atoms with E-state index in [2.05, 4.69) is 15.9 Å². The van der Waals surface area contributed by atoms with Crippen LogP contribution in [0.1, 0.15) is 38.2 Å². The van der Waals surface area contributed by atoms with Crippen LogP contribution in [-0.4, -0.2) is 11.6 Å². The number of ether oxygens (including phenoxy) is 2. The molecule has 0 bridgehead atoms. The first-order valence-electron chi connectivity index (χ1n) is 6.28. The molecule has 18 heavy (non-hydrogen) atoms. The molecule has 0 radical (unpaired) electrons. The van der Waals surface area contributed by atoms with Crippen molar-refractivity contribution in [3.8, 4) is 11.5 Å². The average Bonchev–Trinajstić information content (AvgIpc) is 2.86. The number of carbonyl (C=O) groups excluding carboxylic acids is 1. The van der Waals surface area contributed by atoms with Crippen molar-refractivity contribution in [2.24, 2.45) is 0 Å². The third kappa shape index (κ3) is 2.03. The summed E-state index contributed by atoms with van der Waals surface area (Å²) in [5.41, 5.74) is 0.958. The number of ketones is 1. The highest BCUT2D eigenvalue weighted by Gasteiger charge is 2.44. The summed E-state index contributed by atoms with van der Waals surface area (Å²) in [7, 11) is 0. The summed E-state index contributed by atoms with van der Waals surface area (Å²) >= 11 is 3.49. The van der Waals surface area contributed by atoms with Crippen molar-refractivity contribution < 1.29 is 14.3 Å². The molecule has 0 saturated heterocycles. The van der Waals surface area contributed by atoms with Crippen LogP contribution in [0.2, 0.25) is 0 Å². The number of fused-ring (bicyclic) bond motifs is 1. The second kappa shape index (κ2) is 4.26. The molecule has 1 aliphatic heterocycles. The first-order chi connectivity index (χ1) is 8.58. The van der Waals surface area contributed by atoms with E-state index < -0.39 is 5.79 Å². The summed E-state index contributed by atoms with van der Waals surface area (Å²) in [6.07, 6.45) is 4.61. The predicted octanol–water partition coefficient (Wildman–Crippen LogP) is 3.62. The monoisotopic (exact) mass is 310 g/mol. The van der Waals surface area contributed by atoms with Gasteiger partial charge >= 0.3 is 0 Å². The molecule has 1 aliphatic carbocycles. The number of Topliss-reactive ketones (excluding diaryl/α,β-unsaturated/α-hetero) is 1. The first kappa shape index (κ1) is 12.0. The zero-order valence-electron chi connectivity index (χ0n) is 10.3. The third-order valence-electron chi connectivity index (χ3n) is 3.51. The Labute approximate surface area is 115 Å². The molecule has 96 valence electrons. The Morgan fingerprint density at radius 3 is 2.50 bits per heavy atom. The minimum atomic E-state index is -0.434. The minimum absolute atomic E-state index is 0.144. The molecule has 3 rings (SSSR count). The summed E-state index contributed by atoms with van der Waals surface area (Å²) in [5.74, 6) is 1.27. The Morgan fingerprint density at radius 2 is 1.89 bits per heavy atom. The molecule has 1 heterocycles. The fourth-order valence-corrected chi connectivity index (χ4v) is 3.14. The van der Waals surface area contributed by atoms with Gasteiger partial charge in [-0.3, -0.25) is 4.79 Å². The van der Waals surface area contributed by atoms with Gasteiger partial charge in [-0.1, -0.05) is 15.9 Å². The molecule has 4 heteroatoms. The molecule has 0 amide bonds. The van der Waals surface area contributed by atoms with Crippen molar-refractivity contribution in [2.45, 2.75) is 44.8 Å². The van der Waals surface area contributed by atoms with Crippen molar-refractivity contribution >= 4 is 21.7 Å². The van der Waals surface area contributed by atoms with Gasteiger partial charge in [-0.2, -0.15) is 0 Å². The Morgan fingerprint density at radius 1 is 1.28 bits per heavy atom. The molecule has 2 aliphatic rings. The Kier molecular flexibility index (Phi) is 2.85. The van der Waals surface area contributed by atoms with Crippen molar-refractivity contribution in [3.05, 3.63) is 22.2 Å². The Bertz CT molecular complexity index is 504. The van der Waals surface area contributed by atoms with Crippen LogP contribution in [0.3, 0.4) is 0 Å². The zero-order chi connectivity index (χ0) is 12.8. The lowest BCUT2D eigenvalue weighted by Gasteiger charge is -2.21. The topological polar surface area (TPSA) is 35.5 Å². The molecule has 0 N–H and O–H groups in total. The molecular weight excluding hydrogens is 296 g/mol. The van der Waals surface area contributed by atoms with Gasteiger partial charge in [0, 0.05) is 23.7 Å². The second-order valence-corrected chi connectivity index (χ2v) is 5.95. The van der Waals surface area contributed by atoms with Crippen LogP contribution in [0.25, 0.3) is 0 Å². The number of halogens is 1. The van der Waals surface area contributed by atoms with Crippen LogP contribution in [-0.2, 0) is 11.2 Å². The fraction of sp³-hybridized carbons (Fsp3) is 0.500. The quantitative estimate of drug-likeness (QED) is 0.837. The van der Waals surface area contributed by atoms with E-state index in [9.17, 15) is 4.79 Å². The molecule has 1 saturated carbocycles. The molecule has 0 atom stereocenters. The number of rotatable bonds is 2. The molecule has 1 aromatic carbocycles. The molecule has 1 spiro atoms. The molecule has 3 nitrogen and oxygen atoms in total. The van der Waals surface area contributed by atoms with Crippen molar-refractivity contribution in [2.75, 3.05) is 0 Å². The van der Waals surface area contributed by atoms with Gasteiger partial charge in [0.05, 0.1) is 0 Å². The normalized spacial score (nSPS) is 19.4. The smallest absolute Gasteiger partial charge is 0.251 e. The lowest BCUT2D eigenvalue weighted by Crippen LogP contribution is -2.34. The average molecular weight is 311 g/mol. The molecule has 1 aromatic rings. The van der Waals surface area contributed by atoms with E-state index in [1.807, 2.05) is 12.1 Å². The van der Waals surface area contributed by atoms with E-state index in [0.717, 1.165) is 47.2 Å². The van der Waals surface area contributed by atoms with Gasteiger partial charge in [-0.25, -0.2) is 0 Å². The van der Waals surface area contributed by atoms with Gasteiger partial charge in [-0.05, 0) is 37.5 Å². The SMILES string of the molecule is CC(=O)Cc1cc2c(cc1Br)OC1(CCCC1)O2. The largest absolute Gasteiger partial charge is 0.448 e. The lowest BCUT2D eigenvalue weighted by atomic mass is 10.1. The number of carbonyl (C=O) groups is 1. The van der Waals surface area contributed by atoms with Crippen molar-refractivity contribution in [1.82, 2.24) is 0 Å². The standard InChI is InChI=1S/C14H15BrO3/c1-9(16)6-10-7-12-13(8-11(10)15)18-14(17-12)4-2-3-5-14/h7-8H,2-6H2,1H3. The number of hydrogen-bond acceptors (Lipinski definition) is 3. The lowest BCUT2D eigenvalue weighted by molar-refractivity contribution is -0.116. The summed E-state index contributed by atoms with van der Waals surface area (Å²) in [5, 5.41) is 0. The van der Waals surface area contributed by atoms with Gasteiger partial charge in [0.15, 0.2) is 11.5 Å². The van der Waals surface area contributed by atoms with Crippen molar-refractivity contribution in [3.63, 3.8) is 0 Å². The Balaban J connectivity index is 1.92. The van der Waals surface area contributed by atoms with E-state index in [-0.39, 0.29) is 5.78 Å². The molecule has 0 unspecified atom stereocenters. The highest BCUT2D eigenvalue weighted by Crippen LogP contribution is 2.48. The van der Waals surface area contributed by atoms with Gasteiger partial charge in [0.1, 0.15) is 5.78 Å². The molecule has 0 aromatic heterocycles. The predicted molar refractivity (Wildman–Crippen MR) is 71.0 cm³/mol. The Hall–Kier alpha value is -1.03. The van der Waals surface area contributed by atoms with Crippen LogP contribution >= 0.6 is 15.9 Å². The van der Waals surface area contributed by atoms with E-state index in [1.165, 1.54) is 0 Å². The van der Waals surface area contributed by atoms with Crippen molar-refractivity contribution in [1.29, 1.82) is 0 Å².